The van der Waals surface area contributed by atoms with Gasteiger partial charge in [-0.3, -0.25) is 4.79 Å². The Kier molecular flexibility index (Phi) is 6.49. The molecule has 1 N–H and O–H groups in total. The average Bonchev–Trinajstić information content (AvgIpc) is 2.84. The third-order valence-electron chi connectivity index (χ3n) is 5.56. The number of ether oxygens (including phenoxy) is 1. The molecule has 5 nitrogen and oxygen atoms in total. The van der Waals surface area contributed by atoms with Crippen LogP contribution in [0.2, 0.25) is 0 Å². The van der Waals surface area contributed by atoms with E-state index in [0.717, 1.165) is 42.9 Å². The van der Waals surface area contributed by atoms with Crippen molar-refractivity contribution < 1.29 is 9.53 Å². The summed E-state index contributed by atoms with van der Waals surface area (Å²) in [5.41, 5.74) is 3.54. The van der Waals surface area contributed by atoms with E-state index in [9.17, 15) is 4.79 Å². The Labute approximate surface area is 182 Å². The van der Waals surface area contributed by atoms with Gasteiger partial charge in [-0.2, -0.15) is 5.26 Å². The second kappa shape index (κ2) is 9.82. The van der Waals surface area contributed by atoms with Crippen molar-refractivity contribution in [2.45, 2.75) is 25.5 Å². The van der Waals surface area contributed by atoms with E-state index in [1.54, 1.807) is 0 Å². The van der Waals surface area contributed by atoms with Crippen molar-refractivity contribution in [2.75, 3.05) is 18.0 Å². The van der Waals surface area contributed by atoms with E-state index in [-0.39, 0.29) is 11.9 Å². The van der Waals surface area contributed by atoms with Gasteiger partial charge in [-0.15, -0.1) is 0 Å². The molecule has 4 rings (SSSR count). The van der Waals surface area contributed by atoms with Crippen LogP contribution in [0.3, 0.4) is 0 Å². The quantitative estimate of drug-likeness (QED) is 0.647. The second-order valence-corrected chi connectivity index (χ2v) is 7.69. The highest BCUT2D eigenvalue weighted by Gasteiger charge is 2.21. The van der Waals surface area contributed by atoms with Crippen LogP contribution in [0.5, 0.6) is 5.75 Å². The third kappa shape index (κ3) is 5.43. The van der Waals surface area contributed by atoms with Gasteiger partial charge in [0.1, 0.15) is 12.4 Å². The normalized spacial score (nSPS) is 14.0. The van der Waals surface area contributed by atoms with Crippen LogP contribution < -0.4 is 15.0 Å². The smallest absolute Gasteiger partial charge is 0.251 e. The van der Waals surface area contributed by atoms with Gasteiger partial charge in [0, 0.05) is 30.4 Å². The first kappa shape index (κ1) is 20.5. The van der Waals surface area contributed by atoms with Crippen molar-refractivity contribution in [3.63, 3.8) is 0 Å². The number of benzene rings is 3. The molecule has 1 aliphatic heterocycles. The fraction of sp³-hybridized carbons (Fsp3) is 0.231. The summed E-state index contributed by atoms with van der Waals surface area (Å²) < 4.78 is 5.79. The zero-order valence-corrected chi connectivity index (χ0v) is 17.3. The van der Waals surface area contributed by atoms with Gasteiger partial charge in [-0.05, 0) is 66.9 Å². The highest BCUT2D eigenvalue weighted by molar-refractivity contribution is 5.94. The minimum Gasteiger partial charge on any atom is -0.489 e. The molecule has 3 aromatic carbocycles. The van der Waals surface area contributed by atoms with Gasteiger partial charge in [0.25, 0.3) is 5.91 Å². The van der Waals surface area contributed by atoms with Crippen LogP contribution in [0.1, 0.15) is 34.3 Å². The lowest BCUT2D eigenvalue weighted by Gasteiger charge is -2.34. The fourth-order valence-corrected chi connectivity index (χ4v) is 3.74. The van der Waals surface area contributed by atoms with Crippen LogP contribution in [0, 0.1) is 11.3 Å². The van der Waals surface area contributed by atoms with Crippen molar-refractivity contribution in [1.82, 2.24) is 5.32 Å². The SMILES string of the molecule is N#Cc1ccc(N2CCC(NC(=O)c3ccc(OCc4ccccc4)cc3)CC2)cc1. The van der Waals surface area contributed by atoms with Crippen molar-refractivity contribution in [1.29, 1.82) is 5.26 Å². The molecule has 156 valence electrons. The van der Waals surface area contributed by atoms with Crippen molar-refractivity contribution in [2.24, 2.45) is 0 Å². The van der Waals surface area contributed by atoms with Crippen LogP contribution in [-0.4, -0.2) is 25.0 Å². The van der Waals surface area contributed by atoms with E-state index in [4.69, 9.17) is 10.00 Å². The number of amides is 1. The number of nitrogens with zero attached hydrogens (tertiary/aromatic N) is 2. The van der Waals surface area contributed by atoms with Crippen molar-refractivity contribution in [3.05, 3.63) is 95.6 Å². The van der Waals surface area contributed by atoms with Gasteiger partial charge >= 0.3 is 0 Å². The number of piperidine rings is 1. The van der Waals surface area contributed by atoms with Crippen LogP contribution in [0.25, 0.3) is 0 Å². The van der Waals surface area contributed by atoms with Crippen LogP contribution in [0.4, 0.5) is 5.69 Å². The van der Waals surface area contributed by atoms with Crippen LogP contribution in [0.15, 0.2) is 78.9 Å². The largest absolute Gasteiger partial charge is 0.489 e. The number of carbonyl (C=O) groups is 1. The number of anilines is 1. The number of hydrogen-bond acceptors (Lipinski definition) is 4. The van der Waals surface area contributed by atoms with E-state index in [0.29, 0.717) is 17.7 Å². The summed E-state index contributed by atoms with van der Waals surface area (Å²) >= 11 is 0. The molecule has 0 radical (unpaired) electrons. The van der Waals surface area contributed by atoms with E-state index < -0.39 is 0 Å². The predicted molar refractivity (Wildman–Crippen MR) is 121 cm³/mol. The molecular weight excluding hydrogens is 386 g/mol. The molecule has 0 unspecified atom stereocenters. The molecule has 0 aliphatic carbocycles. The summed E-state index contributed by atoms with van der Waals surface area (Å²) in [4.78, 5) is 14.9. The molecular formula is C26H25N3O2. The van der Waals surface area contributed by atoms with E-state index >= 15 is 0 Å². The monoisotopic (exact) mass is 411 g/mol. The Morgan fingerprint density at radius 3 is 2.29 bits per heavy atom. The molecule has 3 aromatic rings. The molecule has 0 spiro atoms. The minimum absolute atomic E-state index is 0.0496. The Morgan fingerprint density at radius 2 is 1.65 bits per heavy atom. The Hall–Kier alpha value is -3.78. The highest BCUT2D eigenvalue weighted by Crippen LogP contribution is 2.21. The topological polar surface area (TPSA) is 65.4 Å². The predicted octanol–water partition coefficient (Wildman–Crippen LogP) is 4.54. The van der Waals surface area contributed by atoms with Gasteiger partial charge in [0.15, 0.2) is 0 Å². The van der Waals surface area contributed by atoms with Gasteiger partial charge < -0.3 is 15.0 Å². The number of hydrogen-bond donors (Lipinski definition) is 1. The Morgan fingerprint density at radius 1 is 0.968 bits per heavy atom. The lowest BCUT2D eigenvalue weighted by molar-refractivity contribution is 0.0931. The lowest BCUT2D eigenvalue weighted by atomic mass is 10.0. The summed E-state index contributed by atoms with van der Waals surface area (Å²) in [6.45, 7) is 2.26. The molecule has 1 aliphatic rings. The molecule has 31 heavy (non-hydrogen) atoms. The fourth-order valence-electron chi connectivity index (χ4n) is 3.74. The highest BCUT2D eigenvalue weighted by atomic mass is 16.5. The molecule has 1 saturated heterocycles. The molecule has 1 fully saturated rings. The molecule has 0 atom stereocenters. The lowest BCUT2D eigenvalue weighted by Crippen LogP contribution is -2.44. The Balaban J connectivity index is 1.25. The molecule has 1 amide bonds. The first-order valence-corrected chi connectivity index (χ1v) is 10.5. The second-order valence-electron chi connectivity index (χ2n) is 7.69. The van der Waals surface area contributed by atoms with E-state index in [1.165, 1.54) is 0 Å². The standard InChI is InChI=1S/C26H25N3O2/c27-18-20-6-10-24(11-7-20)29-16-14-23(15-17-29)28-26(30)22-8-12-25(13-9-22)31-19-21-4-2-1-3-5-21/h1-13,23H,14-17,19H2,(H,28,30). The zero-order valence-electron chi connectivity index (χ0n) is 17.3. The summed E-state index contributed by atoms with van der Waals surface area (Å²) in [5, 5.41) is 12.1. The number of carbonyl (C=O) groups excluding carboxylic acids is 1. The maximum Gasteiger partial charge on any atom is 0.251 e. The van der Waals surface area contributed by atoms with Gasteiger partial charge in [-0.25, -0.2) is 0 Å². The van der Waals surface area contributed by atoms with Crippen LogP contribution >= 0.6 is 0 Å². The Bertz CT molecular complexity index is 1030. The van der Waals surface area contributed by atoms with Crippen LogP contribution in [-0.2, 0) is 6.61 Å². The maximum atomic E-state index is 12.6. The maximum absolute atomic E-state index is 12.6. The minimum atomic E-state index is -0.0496. The molecule has 5 heteroatoms. The number of nitriles is 1. The molecule has 0 aromatic heterocycles. The first-order chi connectivity index (χ1) is 15.2. The van der Waals surface area contributed by atoms with Gasteiger partial charge in [0.05, 0.1) is 11.6 Å². The number of nitrogens with one attached hydrogen (secondary N) is 1. The van der Waals surface area contributed by atoms with E-state index in [1.807, 2.05) is 78.9 Å². The molecule has 0 saturated carbocycles. The molecule has 1 heterocycles. The average molecular weight is 412 g/mol. The molecule has 0 bridgehead atoms. The van der Waals surface area contributed by atoms with Crippen molar-refractivity contribution >= 4 is 11.6 Å². The summed E-state index contributed by atoms with van der Waals surface area (Å²) in [6, 6.07) is 27.3. The summed E-state index contributed by atoms with van der Waals surface area (Å²) in [6.07, 6.45) is 1.79. The number of rotatable bonds is 6. The van der Waals surface area contributed by atoms with Gasteiger partial charge in [0.2, 0.25) is 0 Å². The first-order valence-electron chi connectivity index (χ1n) is 10.5. The third-order valence-corrected chi connectivity index (χ3v) is 5.56. The van der Waals surface area contributed by atoms with Crippen molar-refractivity contribution in [3.8, 4) is 11.8 Å². The van der Waals surface area contributed by atoms with E-state index in [2.05, 4.69) is 16.3 Å². The summed E-state index contributed by atoms with van der Waals surface area (Å²) in [5.74, 6) is 0.697. The zero-order chi connectivity index (χ0) is 21.5. The summed E-state index contributed by atoms with van der Waals surface area (Å²) in [7, 11) is 0. The van der Waals surface area contributed by atoms with Gasteiger partial charge in [-0.1, -0.05) is 30.3 Å².